The Labute approximate surface area is 198 Å². The lowest BCUT2D eigenvalue weighted by molar-refractivity contribution is 0.281. The van der Waals surface area contributed by atoms with E-state index in [2.05, 4.69) is 22.4 Å². The van der Waals surface area contributed by atoms with Gasteiger partial charge in [-0.05, 0) is 55.5 Å². The van der Waals surface area contributed by atoms with E-state index < -0.39 is 5.63 Å². The quantitative estimate of drug-likeness (QED) is 0.211. The molecule has 3 aromatic rings. The summed E-state index contributed by atoms with van der Waals surface area (Å²) >= 11 is 0. The van der Waals surface area contributed by atoms with Crippen molar-refractivity contribution in [1.82, 2.24) is 4.98 Å². The van der Waals surface area contributed by atoms with Crippen molar-refractivity contribution in [3.05, 3.63) is 57.6 Å². The third-order valence-corrected chi connectivity index (χ3v) is 5.63. The topological polar surface area (TPSA) is 120 Å². The van der Waals surface area contributed by atoms with Gasteiger partial charge in [0.2, 0.25) is 0 Å². The molecule has 0 aliphatic carbocycles. The van der Waals surface area contributed by atoms with Crippen LogP contribution in [-0.4, -0.2) is 54.8 Å². The molecule has 0 unspecified atom stereocenters. The number of methoxy groups -OCH3 is 1. The Morgan fingerprint density at radius 1 is 1.21 bits per heavy atom. The second kappa shape index (κ2) is 12.2. The predicted molar refractivity (Wildman–Crippen MR) is 134 cm³/mol. The number of hydrogen-bond acceptors (Lipinski definition) is 9. The zero-order valence-electron chi connectivity index (χ0n) is 19.9. The monoisotopic (exact) mass is 468 g/mol. The van der Waals surface area contributed by atoms with Crippen molar-refractivity contribution in [1.29, 1.82) is 0 Å². The number of anilines is 2. The van der Waals surface area contributed by atoms with Crippen LogP contribution in [0.1, 0.15) is 36.5 Å². The molecule has 0 aliphatic rings. The second-order valence-corrected chi connectivity index (χ2v) is 7.86. The van der Waals surface area contributed by atoms with Crippen LogP contribution in [0.5, 0.6) is 5.75 Å². The van der Waals surface area contributed by atoms with Gasteiger partial charge in [0.1, 0.15) is 17.2 Å². The van der Waals surface area contributed by atoms with Gasteiger partial charge in [0.05, 0.1) is 24.6 Å². The minimum absolute atomic E-state index is 0.0503. The first-order valence-electron chi connectivity index (χ1n) is 11.4. The standard InChI is InChI=1S/C25H32N4O5/c1-4-18-7-8-26-24(13-18)28-27-16-20-17(2)19-14-23(33-3)21(15-22(19)34-25(20)32)29(9-5-11-30)10-6-12-31/h7-8,13-16,30-31H,4-6,9-12H2,1-3H3,(H,26,28)/b27-16+. The van der Waals surface area contributed by atoms with Gasteiger partial charge in [-0.25, -0.2) is 9.78 Å². The Morgan fingerprint density at radius 3 is 2.59 bits per heavy atom. The number of hydrogen-bond donors (Lipinski definition) is 3. The maximum Gasteiger partial charge on any atom is 0.345 e. The first-order valence-corrected chi connectivity index (χ1v) is 11.4. The Balaban J connectivity index is 1.97. The summed E-state index contributed by atoms with van der Waals surface area (Å²) in [7, 11) is 1.58. The number of rotatable bonds is 12. The van der Waals surface area contributed by atoms with Crippen molar-refractivity contribution in [2.45, 2.75) is 33.1 Å². The van der Waals surface area contributed by atoms with Crippen molar-refractivity contribution < 1.29 is 19.4 Å². The Hall–Kier alpha value is -3.43. The average Bonchev–Trinajstić information content (AvgIpc) is 2.85. The molecule has 0 radical (unpaired) electrons. The molecule has 182 valence electrons. The van der Waals surface area contributed by atoms with Crippen LogP contribution in [0.4, 0.5) is 11.5 Å². The normalized spacial score (nSPS) is 11.3. The number of benzene rings is 1. The summed E-state index contributed by atoms with van der Waals surface area (Å²) in [6.45, 7) is 5.15. The second-order valence-electron chi connectivity index (χ2n) is 7.86. The number of ether oxygens (including phenoxy) is 1. The molecular formula is C25H32N4O5. The van der Waals surface area contributed by atoms with E-state index >= 15 is 0 Å². The molecule has 0 atom stereocenters. The Morgan fingerprint density at radius 2 is 1.94 bits per heavy atom. The molecule has 3 rings (SSSR count). The molecule has 0 saturated heterocycles. The van der Waals surface area contributed by atoms with Gasteiger partial charge in [0.15, 0.2) is 0 Å². The summed E-state index contributed by atoms with van der Waals surface area (Å²) in [5.41, 5.74) is 5.71. The zero-order chi connectivity index (χ0) is 24.5. The minimum atomic E-state index is -0.501. The van der Waals surface area contributed by atoms with E-state index in [9.17, 15) is 15.0 Å². The van der Waals surface area contributed by atoms with Crippen molar-refractivity contribution in [3.63, 3.8) is 0 Å². The van der Waals surface area contributed by atoms with Crippen molar-refractivity contribution >= 4 is 28.7 Å². The lowest BCUT2D eigenvalue weighted by Gasteiger charge is -2.26. The lowest BCUT2D eigenvalue weighted by atomic mass is 10.1. The number of nitrogens with one attached hydrogen (secondary N) is 1. The van der Waals surface area contributed by atoms with Crippen LogP contribution in [0.15, 0.2) is 44.8 Å². The highest BCUT2D eigenvalue weighted by molar-refractivity contribution is 5.93. The summed E-state index contributed by atoms with van der Waals surface area (Å²) in [6.07, 6.45) is 5.16. The fraction of sp³-hybridized carbons (Fsp3) is 0.400. The summed E-state index contributed by atoms with van der Waals surface area (Å²) in [5.74, 6) is 1.21. The molecule has 0 bridgehead atoms. The van der Waals surface area contributed by atoms with E-state index in [4.69, 9.17) is 9.15 Å². The average molecular weight is 469 g/mol. The Bertz CT molecular complexity index is 1180. The summed E-state index contributed by atoms with van der Waals surface area (Å²) in [6, 6.07) is 7.45. The van der Waals surface area contributed by atoms with Gasteiger partial charge in [-0.1, -0.05) is 6.92 Å². The molecular weight excluding hydrogens is 436 g/mol. The zero-order valence-corrected chi connectivity index (χ0v) is 19.9. The largest absolute Gasteiger partial charge is 0.495 e. The van der Waals surface area contributed by atoms with Gasteiger partial charge in [-0.3, -0.25) is 5.43 Å². The van der Waals surface area contributed by atoms with E-state index in [0.29, 0.717) is 54.2 Å². The Kier molecular flexibility index (Phi) is 9.00. The molecule has 2 heterocycles. The fourth-order valence-corrected chi connectivity index (χ4v) is 3.73. The van der Waals surface area contributed by atoms with Gasteiger partial charge >= 0.3 is 5.63 Å². The molecule has 0 spiro atoms. The predicted octanol–water partition coefficient (Wildman–Crippen LogP) is 3.08. The molecule has 9 heteroatoms. The number of nitrogens with zero attached hydrogens (tertiary/aromatic N) is 3. The molecule has 9 nitrogen and oxygen atoms in total. The summed E-state index contributed by atoms with van der Waals surface area (Å²) in [4.78, 5) is 19.0. The number of aryl methyl sites for hydroxylation is 2. The van der Waals surface area contributed by atoms with Crippen LogP contribution in [0.2, 0.25) is 0 Å². The minimum Gasteiger partial charge on any atom is -0.495 e. The molecule has 0 amide bonds. The highest BCUT2D eigenvalue weighted by atomic mass is 16.5. The van der Waals surface area contributed by atoms with Crippen molar-refractivity contribution in [2.24, 2.45) is 5.10 Å². The molecule has 3 N–H and O–H groups in total. The van der Waals surface area contributed by atoms with E-state index in [1.54, 1.807) is 19.4 Å². The van der Waals surface area contributed by atoms with Crippen molar-refractivity contribution in [3.8, 4) is 5.75 Å². The lowest BCUT2D eigenvalue weighted by Crippen LogP contribution is -2.27. The van der Waals surface area contributed by atoms with Crippen LogP contribution in [0.25, 0.3) is 11.0 Å². The highest BCUT2D eigenvalue weighted by Crippen LogP contribution is 2.34. The number of aliphatic hydroxyl groups is 2. The van der Waals surface area contributed by atoms with Crippen molar-refractivity contribution in [2.75, 3.05) is 43.7 Å². The molecule has 1 aromatic carbocycles. The third-order valence-electron chi connectivity index (χ3n) is 5.63. The first kappa shape index (κ1) is 25.2. The van der Waals surface area contributed by atoms with Crippen LogP contribution in [0, 0.1) is 6.92 Å². The van der Waals surface area contributed by atoms with Crippen LogP contribution >= 0.6 is 0 Å². The maximum atomic E-state index is 12.8. The van der Waals surface area contributed by atoms with Crippen LogP contribution in [0.3, 0.4) is 0 Å². The SMILES string of the molecule is CCc1ccnc(N/N=C/c2c(C)c3cc(OC)c(N(CCCO)CCCO)cc3oc2=O)c1. The number of aliphatic hydroxyl groups excluding tert-OH is 2. The smallest absolute Gasteiger partial charge is 0.345 e. The van der Waals surface area contributed by atoms with Gasteiger partial charge in [-0.15, -0.1) is 0 Å². The maximum absolute atomic E-state index is 12.8. The molecule has 2 aromatic heterocycles. The highest BCUT2D eigenvalue weighted by Gasteiger charge is 2.17. The van der Waals surface area contributed by atoms with Gasteiger partial charge < -0.3 is 24.3 Å². The summed E-state index contributed by atoms with van der Waals surface area (Å²) in [5, 5.41) is 23.5. The number of aromatic nitrogens is 1. The van der Waals surface area contributed by atoms with Gasteiger partial charge in [0.25, 0.3) is 0 Å². The summed E-state index contributed by atoms with van der Waals surface area (Å²) < 4.78 is 11.3. The van der Waals surface area contributed by atoms with E-state index in [1.165, 1.54) is 6.21 Å². The molecule has 0 saturated carbocycles. The fourth-order valence-electron chi connectivity index (χ4n) is 3.73. The number of hydrazone groups is 1. The third kappa shape index (κ3) is 5.92. The number of fused-ring (bicyclic) bond motifs is 1. The van der Waals surface area contributed by atoms with E-state index in [1.807, 2.05) is 30.0 Å². The number of pyridine rings is 1. The van der Waals surface area contributed by atoms with E-state index in [-0.39, 0.29) is 13.2 Å². The molecule has 0 aliphatic heterocycles. The van der Waals surface area contributed by atoms with Gasteiger partial charge in [0, 0.05) is 44.0 Å². The molecule has 34 heavy (non-hydrogen) atoms. The molecule has 0 fully saturated rings. The van der Waals surface area contributed by atoms with Crippen LogP contribution < -0.4 is 20.7 Å². The first-order chi connectivity index (χ1) is 16.5. The van der Waals surface area contributed by atoms with E-state index in [0.717, 1.165) is 23.1 Å². The van der Waals surface area contributed by atoms with Gasteiger partial charge in [-0.2, -0.15) is 5.10 Å². The van der Waals surface area contributed by atoms with Crippen LogP contribution in [-0.2, 0) is 6.42 Å².